The Morgan fingerprint density at radius 3 is 2.60 bits per heavy atom. The number of nitrogens with one attached hydrogen (secondary N) is 1. The Morgan fingerprint density at radius 2 is 1.93 bits per heavy atom. The SMILES string of the molecule is COc1cccc(Cn2nccc2NC(=O)/C=C/c2ccc([N+](=O)[O-])cc2)c1OC. The summed E-state index contributed by atoms with van der Waals surface area (Å²) in [7, 11) is 3.13. The fraction of sp³-hybridized carbons (Fsp3) is 0.143. The highest BCUT2D eigenvalue weighted by atomic mass is 16.6. The molecular weight excluding hydrogens is 388 g/mol. The van der Waals surface area contributed by atoms with Crippen LogP contribution in [0.15, 0.2) is 60.8 Å². The van der Waals surface area contributed by atoms with Gasteiger partial charge in [-0.15, -0.1) is 0 Å². The van der Waals surface area contributed by atoms with Gasteiger partial charge in [-0.2, -0.15) is 5.10 Å². The number of hydrogen-bond donors (Lipinski definition) is 1. The van der Waals surface area contributed by atoms with Crippen LogP contribution >= 0.6 is 0 Å². The van der Waals surface area contributed by atoms with Gasteiger partial charge in [-0.25, -0.2) is 4.68 Å². The predicted molar refractivity (Wildman–Crippen MR) is 112 cm³/mol. The topological polar surface area (TPSA) is 109 Å². The third kappa shape index (κ3) is 4.82. The molecule has 9 heteroatoms. The number of nitrogens with zero attached hydrogens (tertiary/aromatic N) is 3. The van der Waals surface area contributed by atoms with Crippen molar-refractivity contribution < 1.29 is 19.2 Å². The number of carbonyl (C=O) groups is 1. The standard InChI is InChI=1S/C21H20N4O5/c1-29-18-5-3-4-16(21(18)30-2)14-24-19(12-13-22-24)23-20(26)11-8-15-6-9-17(10-7-15)25(27)28/h3-13H,14H2,1-2H3,(H,23,26)/b11-8+. The van der Waals surface area contributed by atoms with Crippen molar-refractivity contribution in [3.05, 3.63) is 82.0 Å². The van der Waals surface area contributed by atoms with E-state index in [2.05, 4.69) is 10.4 Å². The largest absolute Gasteiger partial charge is 0.493 e. The first-order valence-electron chi connectivity index (χ1n) is 8.97. The second kappa shape index (κ2) is 9.37. The highest BCUT2D eigenvalue weighted by Crippen LogP contribution is 2.31. The van der Waals surface area contributed by atoms with Crippen molar-refractivity contribution in [3.8, 4) is 11.5 Å². The average molecular weight is 408 g/mol. The van der Waals surface area contributed by atoms with Gasteiger partial charge in [-0.1, -0.05) is 12.1 Å². The number of hydrogen-bond acceptors (Lipinski definition) is 6. The van der Waals surface area contributed by atoms with Crippen molar-refractivity contribution in [1.82, 2.24) is 9.78 Å². The number of para-hydroxylation sites is 1. The lowest BCUT2D eigenvalue weighted by molar-refractivity contribution is -0.384. The second-order valence-corrected chi connectivity index (χ2v) is 6.20. The van der Waals surface area contributed by atoms with Crippen LogP contribution in [0.2, 0.25) is 0 Å². The molecule has 0 unspecified atom stereocenters. The van der Waals surface area contributed by atoms with E-state index in [-0.39, 0.29) is 11.6 Å². The van der Waals surface area contributed by atoms with Gasteiger partial charge in [0, 0.05) is 29.8 Å². The number of rotatable bonds is 8. The Labute approximate surface area is 172 Å². The van der Waals surface area contributed by atoms with E-state index in [1.807, 2.05) is 12.1 Å². The van der Waals surface area contributed by atoms with Crippen LogP contribution in [0.1, 0.15) is 11.1 Å². The number of benzene rings is 2. The van der Waals surface area contributed by atoms with E-state index < -0.39 is 4.92 Å². The van der Waals surface area contributed by atoms with E-state index >= 15 is 0 Å². The summed E-state index contributed by atoms with van der Waals surface area (Å²) in [5, 5.41) is 17.7. The number of non-ortho nitro benzene ring substituents is 1. The number of ether oxygens (including phenoxy) is 2. The summed E-state index contributed by atoms with van der Waals surface area (Å²) in [5.74, 6) is 1.37. The first-order valence-corrected chi connectivity index (χ1v) is 8.97. The fourth-order valence-corrected chi connectivity index (χ4v) is 2.85. The Balaban J connectivity index is 1.70. The summed E-state index contributed by atoms with van der Waals surface area (Å²) < 4.78 is 12.4. The van der Waals surface area contributed by atoms with Crippen LogP contribution < -0.4 is 14.8 Å². The van der Waals surface area contributed by atoms with Crippen molar-refractivity contribution in [2.45, 2.75) is 6.54 Å². The first-order chi connectivity index (χ1) is 14.5. The molecule has 1 heterocycles. The maximum absolute atomic E-state index is 12.3. The molecule has 0 aliphatic carbocycles. The molecule has 3 aromatic rings. The molecular formula is C21H20N4O5. The number of nitro benzene ring substituents is 1. The van der Waals surface area contributed by atoms with Crippen molar-refractivity contribution in [3.63, 3.8) is 0 Å². The van der Waals surface area contributed by atoms with Gasteiger partial charge in [0.05, 0.1) is 31.9 Å². The van der Waals surface area contributed by atoms with E-state index in [4.69, 9.17) is 9.47 Å². The zero-order valence-corrected chi connectivity index (χ0v) is 16.4. The summed E-state index contributed by atoms with van der Waals surface area (Å²) in [4.78, 5) is 22.5. The lowest BCUT2D eigenvalue weighted by Gasteiger charge is -2.14. The number of methoxy groups -OCH3 is 2. The van der Waals surface area contributed by atoms with Crippen molar-refractivity contribution in [2.24, 2.45) is 0 Å². The van der Waals surface area contributed by atoms with Crippen molar-refractivity contribution in [1.29, 1.82) is 0 Å². The van der Waals surface area contributed by atoms with Crippen LogP contribution in [0.5, 0.6) is 11.5 Å². The zero-order chi connectivity index (χ0) is 21.5. The third-order valence-corrected chi connectivity index (χ3v) is 4.30. The van der Waals surface area contributed by atoms with E-state index in [0.29, 0.717) is 29.4 Å². The number of carbonyl (C=O) groups excluding carboxylic acids is 1. The summed E-state index contributed by atoms with van der Waals surface area (Å²) >= 11 is 0. The Hall–Kier alpha value is -4.14. The van der Waals surface area contributed by atoms with Gasteiger partial charge >= 0.3 is 0 Å². The molecule has 0 radical (unpaired) electrons. The molecule has 154 valence electrons. The molecule has 0 fully saturated rings. The van der Waals surface area contributed by atoms with Crippen LogP contribution in [-0.4, -0.2) is 34.8 Å². The highest BCUT2D eigenvalue weighted by molar-refractivity contribution is 6.01. The lowest BCUT2D eigenvalue weighted by atomic mass is 10.2. The number of amides is 1. The van der Waals surface area contributed by atoms with Gasteiger partial charge in [0.15, 0.2) is 11.5 Å². The molecule has 0 aliphatic heterocycles. The summed E-state index contributed by atoms with van der Waals surface area (Å²) in [6, 6.07) is 13.1. The van der Waals surface area contributed by atoms with Gasteiger partial charge in [0.25, 0.3) is 5.69 Å². The molecule has 0 atom stereocenters. The minimum Gasteiger partial charge on any atom is -0.493 e. The van der Waals surface area contributed by atoms with Crippen LogP contribution in [0.4, 0.5) is 11.5 Å². The molecule has 1 aromatic heterocycles. The zero-order valence-electron chi connectivity index (χ0n) is 16.4. The monoisotopic (exact) mass is 408 g/mol. The van der Waals surface area contributed by atoms with Gasteiger partial charge in [-0.3, -0.25) is 14.9 Å². The first kappa shape index (κ1) is 20.6. The fourth-order valence-electron chi connectivity index (χ4n) is 2.85. The van der Waals surface area contributed by atoms with E-state index in [0.717, 1.165) is 5.56 Å². The maximum Gasteiger partial charge on any atom is 0.269 e. The molecule has 0 saturated carbocycles. The number of nitro groups is 1. The normalized spacial score (nSPS) is 10.7. The quantitative estimate of drug-likeness (QED) is 0.347. The Morgan fingerprint density at radius 1 is 1.17 bits per heavy atom. The molecule has 30 heavy (non-hydrogen) atoms. The second-order valence-electron chi connectivity index (χ2n) is 6.20. The Kier molecular flexibility index (Phi) is 6.43. The molecule has 1 amide bonds. The van der Waals surface area contributed by atoms with Gasteiger partial charge < -0.3 is 14.8 Å². The molecule has 0 bridgehead atoms. The highest BCUT2D eigenvalue weighted by Gasteiger charge is 2.12. The summed E-state index contributed by atoms with van der Waals surface area (Å²) in [5.41, 5.74) is 1.51. The van der Waals surface area contributed by atoms with Crippen molar-refractivity contribution in [2.75, 3.05) is 19.5 Å². The molecule has 3 rings (SSSR count). The minimum absolute atomic E-state index is 0.00604. The number of aromatic nitrogens is 2. The predicted octanol–water partition coefficient (Wildman–Crippen LogP) is 3.51. The van der Waals surface area contributed by atoms with E-state index in [1.54, 1.807) is 55.4 Å². The molecule has 0 saturated heterocycles. The van der Waals surface area contributed by atoms with Gasteiger partial charge in [0.1, 0.15) is 5.82 Å². The van der Waals surface area contributed by atoms with Gasteiger partial charge in [-0.05, 0) is 29.8 Å². The molecule has 0 aliphatic rings. The summed E-state index contributed by atoms with van der Waals surface area (Å²) in [6.07, 6.45) is 4.51. The molecule has 0 spiro atoms. The number of anilines is 1. The van der Waals surface area contributed by atoms with Crippen LogP contribution in [0.3, 0.4) is 0 Å². The third-order valence-electron chi connectivity index (χ3n) is 4.30. The van der Waals surface area contributed by atoms with Crippen molar-refractivity contribution >= 4 is 23.5 Å². The lowest BCUT2D eigenvalue weighted by Crippen LogP contribution is -2.14. The molecule has 2 aromatic carbocycles. The summed E-state index contributed by atoms with van der Waals surface area (Å²) in [6.45, 7) is 0.370. The van der Waals surface area contributed by atoms with Gasteiger partial charge in [0.2, 0.25) is 5.91 Å². The Bertz CT molecular complexity index is 1070. The van der Waals surface area contributed by atoms with Crippen LogP contribution in [-0.2, 0) is 11.3 Å². The maximum atomic E-state index is 12.3. The average Bonchev–Trinajstić information content (AvgIpc) is 3.18. The van der Waals surface area contributed by atoms with Crippen LogP contribution in [0, 0.1) is 10.1 Å². The van der Waals surface area contributed by atoms with Crippen LogP contribution in [0.25, 0.3) is 6.08 Å². The van der Waals surface area contributed by atoms with E-state index in [1.165, 1.54) is 18.2 Å². The molecule has 1 N–H and O–H groups in total. The smallest absolute Gasteiger partial charge is 0.269 e. The molecule has 9 nitrogen and oxygen atoms in total. The van der Waals surface area contributed by atoms with E-state index in [9.17, 15) is 14.9 Å². The minimum atomic E-state index is -0.474.